The molecule has 1 aromatic heterocycles. The highest BCUT2D eigenvalue weighted by Crippen LogP contribution is 2.30. The summed E-state index contributed by atoms with van der Waals surface area (Å²) in [6, 6.07) is 0. The van der Waals surface area contributed by atoms with E-state index in [1.54, 1.807) is 6.20 Å². The fourth-order valence-electron chi connectivity index (χ4n) is 1.55. The van der Waals surface area contributed by atoms with Crippen molar-refractivity contribution >= 4 is 11.8 Å². The third-order valence-corrected chi connectivity index (χ3v) is 2.32. The van der Waals surface area contributed by atoms with E-state index in [-0.39, 0.29) is 5.41 Å². The van der Waals surface area contributed by atoms with Crippen LogP contribution in [0, 0.1) is 5.41 Å². The minimum Gasteiger partial charge on any atom is -0.385 e. The number of nitrogens with one attached hydrogen (secondary N) is 1. The van der Waals surface area contributed by atoms with Gasteiger partial charge in [-0.05, 0) is 6.08 Å². The molecule has 1 N–H and O–H groups in total. The van der Waals surface area contributed by atoms with E-state index in [1.807, 2.05) is 13.1 Å². The summed E-state index contributed by atoms with van der Waals surface area (Å²) >= 11 is 0. The SMILES string of the molecule is CNC1=CC(C)(C)C=Cc2cnoc21. The van der Waals surface area contributed by atoms with Crippen molar-refractivity contribution in [3.63, 3.8) is 0 Å². The van der Waals surface area contributed by atoms with Gasteiger partial charge in [0.05, 0.1) is 11.9 Å². The molecule has 1 aliphatic rings. The molecule has 1 heterocycles. The quantitative estimate of drug-likeness (QED) is 0.738. The summed E-state index contributed by atoms with van der Waals surface area (Å²) in [5.74, 6) is 0.814. The molecule has 0 saturated carbocycles. The molecule has 0 atom stereocenters. The molecular formula is C11H14N2O. The minimum atomic E-state index is 0.0416. The van der Waals surface area contributed by atoms with Crippen LogP contribution in [0.25, 0.3) is 11.8 Å². The number of hydrogen-bond donors (Lipinski definition) is 1. The molecule has 14 heavy (non-hydrogen) atoms. The lowest BCUT2D eigenvalue weighted by Gasteiger charge is -2.14. The largest absolute Gasteiger partial charge is 0.385 e. The monoisotopic (exact) mass is 190 g/mol. The van der Waals surface area contributed by atoms with Crippen LogP contribution in [0.2, 0.25) is 0 Å². The molecule has 0 unspecified atom stereocenters. The van der Waals surface area contributed by atoms with E-state index >= 15 is 0 Å². The number of rotatable bonds is 1. The Morgan fingerprint density at radius 2 is 2.21 bits per heavy atom. The molecule has 74 valence electrons. The summed E-state index contributed by atoms with van der Waals surface area (Å²) < 4.78 is 5.20. The van der Waals surface area contributed by atoms with Gasteiger partial charge in [-0.25, -0.2) is 0 Å². The van der Waals surface area contributed by atoms with Gasteiger partial charge in [-0.15, -0.1) is 0 Å². The molecule has 0 amide bonds. The van der Waals surface area contributed by atoms with Crippen LogP contribution in [0.4, 0.5) is 0 Å². The second-order valence-corrected chi connectivity index (χ2v) is 4.07. The van der Waals surface area contributed by atoms with Crippen molar-refractivity contribution in [2.75, 3.05) is 7.05 Å². The summed E-state index contributed by atoms with van der Waals surface area (Å²) in [6.45, 7) is 4.31. The Hall–Kier alpha value is -1.51. The fourth-order valence-corrected chi connectivity index (χ4v) is 1.55. The van der Waals surface area contributed by atoms with Crippen LogP contribution in [0.3, 0.4) is 0 Å². The maximum absolute atomic E-state index is 5.20. The molecule has 0 aromatic carbocycles. The Bertz CT molecular complexity index is 399. The topological polar surface area (TPSA) is 38.1 Å². The van der Waals surface area contributed by atoms with Gasteiger partial charge in [0, 0.05) is 18.0 Å². The van der Waals surface area contributed by atoms with Gasteiger partial charge in [0.15, 0.2) is 5.76 Å². The third kappa shape index (κ3) is 1.45. The highest BCUT2D eigenvalue weighted by Gasteiger charge is 2.20. The van der Waals surface area contributed by atoms with Gasteiger partial charge in [-0.2, -0.15) is 0 Å². The first-order valence-corrected chi connectivity index (χ1v) is 4.67. The Morgan fingerprint density at radius 3 is 2.93 bits per heavy atom. The number of aromatic nitrogens is 1. The van der Waals surface area contributed by atoms with Crippen LogP contribution in [0.15, 0.2) is 22.9 Å². The molecule has 0 aliphatic heterocycles. The summed E-state index contributed by atoms with van der Waals surface area (Å²) in [6.07, 6.45) is 8.07. The first-order valence-electron chi connectivity index (χ1n) is 4.67. The van der Waals surface area contributed by atoms with Crippen LogP contribution in [-0.2, 0) is 0 Å². The number of nitrogens with zero attached hydrogens (tertiary/aromatic N) is 1. The molecule has 0 fully saturated rings. The third-order valence-electron chi connectivity index (χ3n) is 2.32. The zero-order valence-electron chi connectivity index (χ0n) is 8.66. The van der Waals surface area contributed by atoms with Gasteiger partial charge in [0.2, 0.25) is 0 Å². The average molecular weight is 190 g/mol. The van der Waals surface area contributed by atoms with Crippen molar-refractivity contribution in [3.05, 3.63) is 29.7 Å². The Balaban J connectivity index is 2.56. The van der Waals surface area contributed by atoms with Crippen LogP contribution < -0.4 is 5.32 Å². The van der Waals surface area contributed by atoms with E-state index in [2.05, 4.69) is 36.5 Å². The fraction of sp³-hybridized carbons (Fsp3) is 0.364. The van der Waals surface area contributed by atoms with E-state index in [9.17, 15) is 0 Å². The molecule has 3 nitrogen and oxygen atoms in total. The number of fused-ring (bicyclic) bond motifs is 1. The first kappa shape index (κ1) is 9.06. The number of allylic oxidation sites excluding steroid dienone is 2. The van der Waals surface area contributed by atoms with E-state index in [0.717, 1.165) is 17.0 Å². The smallest absolute Gasteiger partial charge is 0.189 e. The second-order valence-electron chi connectivity index (χ2n) is 4.07. The summed E-state index contributed by atoms with van der Waals surface area (Å²) in [7, 11) is 1.89. The zero-order chi connectivity index (χ0) is 10.2. The van der Waals surface area contributed by atoms with E-state index in [0.29, 0.717) is 0 Å². The van der Waals surface area contributed by atoms with Crippen LogP contribution in [0.5, 0.6) is 0 Å². The molecule has 2 rings (SSSR count). The Morgan fingerprint density at radius 1 is 1.43 bits per heavy atom. The van der Waals surface area contributed by atoms with Gasteiger partial charge < -0.3 is 9.84 Å². The highest BCUT2D eigenvalue weighted by atomic mass is 16.5. The van der Waals surface area contributed by atoms with Crippen LogP contribution in [-0.4, -0.2) is 12.2 Å². The Kier molecular flexibility index (Phi) is 1.95. The molecule has 1 aliphatic carbocycles. The normalized spacial score (nSPS) is 18.4. The Labute approximate surface area is 83.5 Å². The standard InChI is InChI=1S/C11H14N2O/c1-11(2)5-4-8-7-13-14-10(8)9(6-11)12-3/h4-7,12H,1-3H3. The summed E-state index contributed by atoms with van der Waals surface area (Å²) in [5.41, 5.74) is 2.06. The predicted molar refractivity (Wildman–Crippen MR) is 56.4 cm³/mol. The molecule has 0 saturated heterocycles. The van der Waals surface area contributed by atoms with Crippen molar-refractivity contribution in [2.45, 2.75) is 13.8 Å². The van der Waals surface area contributed by atoms with Gasteiger partial charge >= 0.3 is 0 Å². The lowest BCUT2D eigenvalue weighted by Crippen LogP contribution is -2.09. The molecule has 0 radical (unpaired) electrons. The van der Waals surface area contributed by atoms with Crippen molar-refractivity contribution in [3.8, 4) is 0 Å². The van der Waals surface area contributed by atoms with Crippen LogP contribution in [0.1, 0.15) is 25.2 Å². The summed E-state index contributed by atoms with van der Waals surface area (Å²) in [4.78, 5) is 0. The van der Waals surface area contributed by atoms with Gasteiger partial charge in [0.25, 0.3) is 0 Å². The van der Waals surface area contributed by atoms with Crippen molar-refractivity contribution in [1.29, 1.82) is 0 Å². The van der Waals surface area contributed by atoms with Crippen molar-refractivity contribution in [2.24, 2.45) is 5.41 Å². The second kappa shape index (κ2) is 3.01. The molecule has 0 bridgehead atoms. The average Bonchev–Trinajstić information content (AvgIpc) is 2.55. The number of hydrogen-bond acceptors (Lipinski definition) is 3. The van der Waals surface area contributed by atoms with Gasteiger partial charge in [-0.1, -0.05) is 31.2 Å². The molecular weight excluding hydrogens is 176 g/mol. The summed E-state index contributed by atoms with van der Waals surface area (Å²) in [5, 5.41) is 6.91. The predicted octanol–water partition coefficient (Wildman–Crippen LogP) is 2.29. The molecule has 3 heteroatoms. The first-order chi connectivity index (χ1) is 6.62. The molecule has 1 aromatic rings. The van der Waals surface area contributed by atoms with E-state index < -0.39 is 0 Å². The van der Waals surface area contributed by atoms with Crippen LogP contribution >= 0.6 is 0 Å². The zero-order valence-corrected chi connectivity index (χ0v) is 8.66. The lowest BCUT2D eigenvalue weighted by molar-refractivity contribution is 0.407. The van der Waals surface area contributed by atoms with E-state index in [4.69, 9.17) is 4.52 Å². The maximum atomic E-state index is 5.20. The van der Waals surface area contributed by atoms with Gasteiger partial charge in [0.1, 0.15) is 0 Å². The minimum absolute atomic E-state index is 0.0416. The maximum Gasteiger partial charge on any atom is 0.189 e. The van der Waals surface area contributed by atoms with E-state index in [1.165, 1.54) is 0 Å². The molecule has 0 spiro atoms. The lowest BCUT2D eigenvalue weighted by atomic mass is 9.92. The highest BCUT2D eigenvalue weighted by molar-refractivity contribution is 5.72. The van der Waals surface area contributed by atoms with Crippen molar-refractivity contribution in [1.82, 2.24) is 10.5 Å². The van der Waals surface area contributed by atoms with Crippen molar-refractivity contribution < 1.29 is 4.52 Å². The van der Waals surface area contributed by atoms with Gasteiger partial charge in [-0.3, -0.25) is 0 Å².